The van der Waals surface area contributed by atoms with Crippen LogP contribution in [0.3, 0.4) is 0 Å². The van der Waals surface area contributed by atoms with Crippen LogP contribution in [0, 0.1) is 12.3 Å². The van der Waals surface area contributed by atoms with Crippen molar-refractivity contribution in [2.75, 3.05) is 0 Å². The predicted octanol–water partition coefficient (Wildman–Crippen LogP) is 9.54. The summed E-state index contributed by atoms with van der Waals surface area (Å²) in [6.07, 6.45) is 18.9. The van der Waals surface area contributed by atoms with E-state index in [2.05, 4.69) is 80.4 Å². The quantitative estimate of drug-likeness (QED) is 0.208. The van der Waals surface area contributed by atoms with E-state index in [1.165, 1.54) is 92.0 Å². The van der Waals surface area contributed by atoms with Crippen molar-refractivity contribution in [3.8, 4) is 34.6 Å². The predicted molar refractivity (Wildman–Crippen MR) is 144 cm³/mol. The molecular formula is C33H38. The zero-order valence-electron chi connectivity index (χ0n) is 20.5. The summed E-state index contributed by atoms with van der Waals surface area (Å²) in [5.74, 6) is 2.93. The van der Waals surface area contributed by atoms with Gasteiger partial charge in [-0.15, -0.1) is 6.42 Å². The molecule has 0 spiro atoms. The zero-order valence-corrected chi connectivity index (χ0v) is 20.5. The van der Waals surface area contributed by atoms with Crippen LogP contribution in [0.15, 0.2) is 66.7 Å². The molecule has 3 aromatic carbocycles. The van der Waals surface area contributed by atoms with Crippen LogP contribution < -0.4 is 0 Å². The molecule has 0 saturated carbocycles. The van der Waals surface area contributed by atoms with Crippen LogP contribution in [-0.4, -0.2) is 0 Å². The Balaban J connectivity index is 1.87. The number of hydrogen-bond donors (Lipinski definition) is 0. The van der Waals surface area contributed by atoms with Crippen LogP contribution in [-0.2, 0) is 5.41 Å². The molecule has 0 fully saturated rings. The fourth-order valence-corrected chi connectivity index (χ4v) is 5.94. The zero-order chi connectivity index (χ0) is 23.1. The van der Waals surface area contributed by atoms with Crippen molar-refractivity contribution in [1.82, 2.24) is 0 Å². The first-order chi connectivity index (χ1) is 16.3. The average Bonchev–Trinajstić information content (AvgIpc) is 3.15. The SMILES string of the molecule is C#Cc1ccccc1-c1cccc2c1-c1ccccc1C2(CCCCCC)CCCCCC. The fraction of sp³-hybridized carbons (Fsp3) is 0.394. The smallest absolute Gasteiger partial charge is 0.0321 e. The summed E-state index contributed by atoms with van der Waals surface area (Å²) in [4.78, 5) is 0. The van der Waals surface area contributed by atoms with E-state index < -0.39 is 0 Å². The van der Waals surface area contributed by atoms with Crippen molar-refractivity contribution in [1.29, 1.82) is 0 Å². The fourth-order valence-electron chi connectivity index (χ4n) is 5.94. The Morgan fingerprint density at radius 2 is 1.18 bits per heavy atom. The summed E-state index contributed by atoms with van der Waals surface area (Å²) in [7, 11) is 0. The molecule has 1 aliphatic carbocycles. The normalized spacial score (nSPS) is 13.4. The number of rotatable bonds is 11. The third-order valence-corrected chi connectivity index (χ3v) is 7.58. The molecule has 0 saturated heterocycles. The number of terminal acetylenes is 1. The maximum absolute atomic E-state index is 5.92. The van der Waals surface area contributed by atoms with Gasteiger partial charge < -0.3 is 0 Å². The second-order valence-electron chi connectivity index (χ2n) is 9.67. The minimum absolute atomic E-state index is 0.120. The van der Waals surface area contributed by atoms with Gasteiger partial charge in [0, 0.05) is 11.0 Å². The molecule has 1 aliphatic rings. The molecule has 0 nitrogen and oxygen atoms in total. The van der Waals surface area contributed by atoms with Crippen molar-refractivity contribution in [3.63, 3.8) is 0 Å². The Morgan fingerprint density at radius 1 is 0.606 bits per heavy atom. The molecule has 0 N–H and O–H groups in total. The highest BCUT2D eigenvalue weighted by atomic mass is 14.5. The van der Waals surface area contributed by atoms with Crippen LogP contribution >= 0.6 is 0 Å². The molecule has 0 aromatic heterocycles. The molecule has 0 amide bonds. The summed E-state index contributed by atoms with van der Waals surface area (Å²) in [5.41, 5.74) is 9.47. The van der Waals surface area contributed by atoms with E-state index in [9.17, 15) is 0 Å². The first kappa shape index (κ1) is 23.4. The molecular weight excluding hydrogens is 396 g/mol. The molecule has 33 heavy (non-hydrogen) atoms. The summed E-state index contributed by atoms with van der Waals surface area (Å²) in [6, 6.07) is 24.6. The van der Waals surface area contributed by atoms with Gasteiger partial charge in [-0.25, -0.2) is 0 Å². The monoisotopic (exact) mass is 434 g/mol. The first-order valence-corrected chi connectivity index (χ1v) is 13.1. The second-order valence-corrected chi connectivity index (χ2v) is 9.67. The van der Waals surface area contributed by atoms with Gasteiger partial charge in [0.05, 0.1) is 0 Å². The van der Waals surface area contributed by atoms with Crippen molar-refractivity contribution in [2.45, 2.75) is 83.5 Å². The van der Waals surface area contributed by atoms with Crippen LogP contribution in [0.2, 0.25) is 0 Å². The number of unbranched alkanes of at least 4 members (excludes halogenated alkanes) is 6. The van der Waals surface area contributed by atoms with Gasteiger partial charge in [0.2, 0.25) is 0 Å². The molecule has 0 atom stereocenters. The molecule has 3 aromatic rings. The lowest BCUT2D eigenvalue weighted by atomic mass is 9.70. The molecule has 0 unspecified atom stereocenters. The van der Waals surface area contributed by atoms with E-state index >= 15 is 0 Å². The van der Waals surface area contributed by atoms with E-state index in [1.807, 2.05) is 6.07 Å². The maximum Gasteiger partial charge on any atom is 0.0321 e. The Bertz CT molecular complexity index is 1100. The lowest BCUT2D eigenvalue weighted by molar-refractivity contribution is 0.401. The Morgan fingerprint density at radius 3 is 1.85 bits per heavy atom. The van der Waals surface area contributed by atoms with Gasteiger partial charge in [0.1, 0.15) is 0 Å². The number of hydrogen-bond acceptors (Lipinski definition) is 0. The second kappa shape index (κ2) is 10.9. The Kier molecular flexibility index (Phi) is 7.72. The number of benzene rings is 3. The average molecular weight is 435 g/mol. The van der Waals surface area contributed by atoms with Crippen molar-refractivity contribution in [3.05, 3.63) is 83.4 Å². The van der Waals surface area contributed by atoms with Crippen LogP contribution in [0.5, 0.6) is 0 Å². The molecule has 0 bridgehead atoms. The summed E-state index contributed by atoms with van der Waals surface area (Å²) in [6.45, 7) is 4.60. The van der Waals surface area contributed by atoms with Crippen molar-refractivity contribution < 1.29 is 0 Å². The standard InChI is InChI=1S/C33H38/c1-4-7-9-15-24-33(25-16-10-8-5-2)30-22-14-13-20-29(30)32-28(21-17-23-31(32)33)27-19-12-11-18-26(27)6-3/h3,11-14,17-23H,4-5,7-10,15-16,24-25H2,1-2H3. The maximum atomic E-state index is 5.92. The minimum Gasteiger partial charge on any atom is -0.115 e. The Labute approximate surface area is 201 Å². The molecule has 170 valence electrons. The molecule has 0 radical (unpaired) electrons. The van der Waals surface area contributed by atoms with Crippen LogP contribution in [0.25, 0.3) is 22.3 Å². The summed E-state index contributed by atoms with van der Waals surface area (Å²) >= 11 is 0. The van der Waals surface area contributed by atoms with Gasteiger partial charge in [-0.05, 0) is 52.3 Å². The molecule has 0 aliphatic heterocycles. The van der Waals surface area contributed by atoms with Gasteiger partial charge >= 0.3 is 0 Å². The van der Waals surface area contributed by atoms with Gasteiger partial charge in [-0.1, -0.05) is 132 Å². The highest BCUT2D eigenvalue weighted by Crippen LogP contribution is 2.56. The molecule has 4 rings (SSSR count). The van der Waals surface area contributed by atoms with Gasteiger partial charge in [-0.3, -0.25) is 0 Å². The Hall–Kier alpha value is -2.78. The molecule has 0 heterocycles. The topological polar surface area (TPSA) is 0 Å². The third-order valence-electron chi connectivity index (χ3n) is 7.58. The van der Waals surface area contributed by atoms with Gasteiger partial charge in [0.25, 0.3) is 0 Å². The van der Waals surface area contributed by atoms with Crippen molar-refractivity contribution in [2.24, 2.45) is 0 Å². The van der Waals surface area contributed by atoms with Gasteiger partial charge in [0.15, 0.2) is 0 Å². The van der Waals surface area contributed by atoms with E-state index in [0.29, 0.717) is 0 Å². The van der Waals surface area contributed by atoms with E-state index in [-0.39, 0.29) is 5.41 Å². The van der Waals surface area contributed by atoms with E-state index in [4.69, 9.17) is 6.42 Å². The first-order valence-electron chi connectivity index (χ1n) is 13.1. The minimum atomic E-state index is 0.120. The highest BCUT2D eigenvalue weighted by molar-refractivity contribution is 5.94. The third kappa shape index (κ3) is 4.52. The largest absolute Gasteiger partial charge is 0.115 e. The summed E-state index contributed by atoms with van der Waals surface area (Å²) in [5, 5.41) is 0. The van der Waals surface area contributed by atoms with Gasteiger partial charge in [-0.2, -0.15) is 0 Å². The highest BCUT2D eigenvalue weighted by Gasteiger charge is 2.43. The molecule has 0 heteroatoms. The lowest BCUT2D eigenvalue weighted by Crippen LogP contribution is -2.25. The van der Waals surface area contributed by atoms with Crippen molar-refractivity contribution >= 4 is 0 Å². The van der Waals surface area contributed by atoms with Crippen LogP contribution in [0.1, 0.15) is 94.7 Å². The summed E-state index contributed by atoms with van der Waals surface area (Å²) < 4.78 is 0. The lowest BCUT2D eigenvalue weighted by Gasteiger charge is -2.33. The van der Waals surface area contributed by atoms with E-state index in [1.54, 1.807) is 5.56 Å². The number of fused-ring (bicyclic) bond motifs is 3. The van der Waals surface area contributed by atoms with Crippen LogP contribution in [0.4, 0.5) is 0 Å². The van der Waals surface area contributed by atoms with E-state index in [0.717, 1.165) is 5.56 Å².